The Morgan fingerprint density at radius 1 is 0.702 bits per heavy atom. The number of hydrogen-bond acceptors (Lipinski definition) is 4. The summed E-state index contributed by atoms with van der Waals surface area (Å²) in [5.41, 5.74) is 6.35. The number of anilines is 4. The molecule has 0 bridgehead atoms. The molecule has 234 valence electrons. The maximum absolute atomic E-state index is 13.5. The number of rotatable bonds is 9. The lowest BCUT2D eigenvalue weighted by Gasteiger charge is -2.18. The van der Waals surface area contributed by atoms with Crippen molar-refractivity contribution >= 4 is 63.5 Å². The predicted molar refractivity (Wildman–Crippen MR) is 189 cm³/mol. The van der Waals surface area contributed by atoms with Crippen LogP contribution in [0.5, 0.6) is 0 Å². The van der Waals surface area contributed by atoms with Crippen molar-refractivity contribution in [3.63, 3.8) is 0 Å². The Hall–Kier alpha value is -5.86. The Kier molecular flexibility index (Phi) is 9.31. The summed E-state index contributed by atoms with van der Waals surface area (Å²) in [4.78, 5) is 39.5. The number of hydrogen-bond donors (Lipinski definition) is 5. The number of amides is 4. The number of carbonyl (C=O) groups excluding carboxylic acids is 3. The molecule has 4 amide bonds. The largest absolute Gasteiger partial charge is 0.354 e. The van der Waals surface area contributed by atoms with Gasteiger partial charge in [0.1, 0.15) is 0 Å². The van der Waals surface area contributed by atoms with E-state index >= 15 is 0 Å². The maximum atomic E-state index is 13.5. The van der Waals surface area contributed by atoms with E-state index < -0.39 is 6.03 Å². The van der Waals surface area contributed by atoms with Crippen LogP contribution < -0.4 is 26.6 Å². The molecule has 0 saturated carbocycles. The van der Waals surface area contributed by atoms with Crippen molar-refractivity contribution in [2.24, 2.45) is 0 Å². The summed E-state index contributed by atoms with van der Waals surface area (Å²) in [6.07, 6.45) is 0.731. The molecular weight excluding hydrogens is 610 g/mol. The molecule has 0 saturated heterocycles. The smallest absolute Gasteiger partial charge is 0.323 e. The van der Waals surface area contributed by atoms with Gasteiger partial charge in [-0.3, -0.25) is 9.59 Å². The molecule has 1 aliphatic heterocycles. The van der Waals surface area contributed by atoms with Crippen molar-refractivity contribution in [3.05, 3.63) is 155 Å². The molecule has 8 nitrogen and oxygen atoms in total. The topological polar surface area (TPSA) is 111 Å². The molecule has 1 atom stereocenters. The lowest BCUT2D eigenvalue weighted by Crippen LogP contribution is -2.28. The van der Waals surface area contributed by atoms with E-state index in [2.05, 4.69) is 26.6 Å². The Labute approximate surface area is 277 Å². The van der Waals surface area contributed by atoms with Gasteiger partial charge < -0.3 is 26.6 Å². The standard InChI is InChI=1S/C38H32ClN5O3/c1-2-32(24-10-5-3-6-11-24)43-36(45)26-16-21-33-31(22-26)34(37(46)44-33)35(25-12-7-4-8-13-25)40-28-17-19-29(20-18-28)41-38(47)42-30-15-9-14-27(39)23-30/h3-23,32,40H,2H2,1H3,(H,43,45)(H,44,46)(H2,41,42,47)/b35-34-/t32-/m1/s1. The second kappa shape index (κ2) is 14.1. The molecule has 1 aliphatic rings. The van der Waals surface area contributed by atoms with Gasteiger partial charge in [0.25, 0.3) is 11.8 Å². The van der Waals surface area contributed by atoms with Gasteiger partial charge in [0.2, 0.25) is 0 Å². The molecule has 6 rings (SSSR count). The van der Waals surface area contributed by atoms with Crippen LogP contribution in [-0.2, 0) is 4.79 Å². The molecule has 1 heterocycles. The summed E-state index contributed by atoms with van der Waals surface area (Å²) in [7, 11) is 0. The number of carbonyl (C=O) groups is 3. The molecule has 5 N–H and O–H groups in total. The third-order valence-electron chi connectivity index (χ3n) is 7.75. The predicted octanol–water partition coefficient (Wildman–Crippen LogP) is 8.80. The van der Waals surface area contributed by atoms with E-state index in [-0.39, 0.29) is 17.9 Å². The molecule has 9 heteroatoms. The Morgan fingerprint density at radius 3 is 2.04 bits per heavy atom. The fourth-order valence-electron chi connectivity index (χ4n) is 5.43. The van der Waals surface area contributed by atoms with Crippen LogP contribution >= 0.6 is 11.6 Å². The second-order valence-electron chi connectivity index (χ2n) is 11.0. The van der Waals surface area contributed by atoms with Crippen LogP contribution in [0.4, 0.5) is 27.5 Å². The third kappa shape index (κ3) is 7.35. The van der Waals surface area contributed by atoms with E-state index in [9.17, 15) is 14.4 Å². The zero-order valence-electron chi connectivity index (χ0n) is 25.5. The van der Waals surface area contributed by atoms with E-state index in [1.807, 2.05) is 79.7 Å². The molecular formula is C38H32ClN5O3. The molecule has 5 aromatic rings. The molecule has 0 spiro atoms. The first kappa shape index (κ1) is 31.1. The number of benzene rings is 5. The summed E-state index contributed by atoms with van der Waals surface area (Å²) in [6.45, 7) is 2.03. The van der Waals surface area contributed by atoms with Gasteiger partial charge >= 0.3 is 6.03 Å². The fraction of sp³-hybridized carbons (Fsp3) is 0.0789. The Morgan fingerprint density at radius 2 is 1.36 bits per heavy atom. The summed E-state index contributed by atoms with van der Waals surface area (Å²) >= 11 is 6.02. The normalized spacial score (nSPS) is 13.5. The quantitative estimate of drug-likeness (QED) is 0.104. The van der Waals surface area contributed by atoms with Crippen LogP contribution in [0.25, 0.3) is 11.3 Å². The SMILES string of the molecule is CC[C@@H](NC(=O)c1ccc2c(c1)/C(=C(/Nc1ccc(NC(=O)Nc3cccc(Cl)c3)cc1)c1ccccc1)C(=O)N2)c1ccccc1. The lowest BCUT2D eigenvalue weighted by molar-refractivity contribution is -0.110. The van der Waals surface area contributed by atoms with E-state index in [4.69, 9.17) is 11.6 Å². The van der Waals surface area contributed by atoms with Gasteiger partial charge in [0.05, 0.1) is 17.3 Å². The van der Waals surface area contributed by atoms with Crippen LogP contribution in [0.1, 0.15) is 46.4 Å². The Balaban J connectivity index is 1.27. The highest BCUT2D eigenvalue weighted by molar-refractivity contribution is 6.37. The zero-order chi connectivity index (χ0) is 32.8. The Bertz CT molecular complexity index is 1960. The minimum atomic E-state index is -0.409. The van der Waals surface area contributed by atoms with E-state index in [0.717, 1.165) is 17.5 Å². The first-order valence-corrected chi connectivity index (χ1v) is 15.6. The summed E-state index contributed by atoms with van der Waals surface area (Å²) < 4.78 is 0. The number of halogens is 1. The third-order valence-corrected chi connectivity index (χ3v) is 7.98. The molecule has 0 aromatic heterocycles. The van der Waals surface area contributed by atoms with Gasteiger partial charge in [-0.2, -0.15) is 0 Å². The van der Waals surface area contributed by atoms with Gasteiger partial charge in [-0.25, -0.2) is 4.79 Å². The monoisotopic (exact) mass is 641 g/mol. The van der Waals surface area contributed by atoms with E-state index in [1.54, 1.807) is 54.6 Å². The van der Waals surface area contributed by atoms with Gasteiger partial charge in [0.15, 0.2) is 0 Å². The van der Waals surface area contributed by atoms with Crippen molar-refractivity contribution in [3.8, 4) is 0 Å². The first-order chi connectivity index (χ1) is 22.9. The van der Waals surface area contributed by atoms with Gasteiger partial charge in [-0.05, 0) is 78.2 Å². The van der Waals surface area contributed by atoms with Crippen molar-refractivity contribution in [2.75, 3.05) is 21.3 Å². The molecule has 0 aliphatic carbocycles. The fourth-order valence-corrected chi connectivity index (χ4v) is 5.62. The van der Waals surface area contributed by atoms with Gasteiger partial charge in [-0.15, -0.1) is 0 Å². The second-order valence-corrected chi connectivity index (χ2v) is 11.4. The summed E-state index contributed by atoms with van der Waals surface area (Å²) in [5, 5.41) is 15.6. The number of nitrogens with one attached hydrogen (secondary N) is 5. The first-order valence-electron chi connectivity index (χ1n) is 15.2. The highest BCUT2D eigenvalue weighted by Gasteiger charge is 2.30. The molecule has 5 aromatic carbocycles. The highest BCUT2D eigenvalue weighted by Crippen LogP contribution is 2.38. The van der Waals surface area contributed by atoms with Gasteiger partial charge in [-0.1, -0.05) is 85.3 Å². The molecule has 0 radical (unpaired) electrons. The van der Waals surface area contributed by atoms with E-state index in [0.29, 0.717) is 50.2 Å². The van der Waals surface area contributed by atoms with Crippen molar-refractivity contribution in [2.45, 2.75) is 19.4 Å². The van der Waals surface area contributed by atoms with Crippen molar-refractivity contribution < 1.29 is 14.4 Å². The minimum absolute atomic E-state index is 0.145. The average Bonchev–Trinajstić information content (AvgIpc) is 3.42. The molecule has 0 fully saturated rings. The summed E-state index contributed by atoms with van der Waals surface area (Å²) in [6, 6.07) is 38.1. The van der Waals surface area contributed by atoms with Crippen LogP contribution in [-0.4, -0.2) is 17.8 Å². The van der Waals surface area contributed by atoms with Crippen molar-refractivity contribution in [1.82, 2.24) is 5.32 Å². The molecule has 0 unspecified atom stereocenters. The van der Waals surface area contributed by atoms with Crippen molar-refractivity contribution in [1.29, 1.82) is 0 Å². The van der Waals surface area contributed by atoms with Crippen LogP contribution in [0.2, 0.25) is 5.02 Å². The number of urea groups is 1. The minimum Gasteiger partial charge on any atom is -0.354 e. The highest BCUT2D eigenvalue weighted by atomic mass is 35.5. The van der Waals surface area contributed by atoms with Crippen LogP contribution in [0, 0.1) is 0 Å². The van der Waals surface area contributed by atoms with Gasteiger partial charge in [0, 0.05) is 38.9 Å². The summed E-state index contributed by atoms with van der Waals surface area (Å²) in [5.74, 6) is -0.505. The van der Waals surface area contributed by atoms with Crippen LogP contribution in [0.15, 0.2) is 127 Å². The zero-order valence-corrected chi connectivity index (χ0v) is 26.3. The number of fused-ring (bicyclic) bond motifs is 1. The lowest BCUT2D eigenvalue weighted by atomic mass is 9.98. The van der Waals surface area contributed by atoms with E-state index in [1.165, 1.54) is 0 Å². The maximum Gasteiger partial charge on any atom is 0.323 e. The van der Waals surface area contributed by atoms with Crippen LogP contribution in [0.3, 0.4) is 0 Å². The molecule has 47 heavy (non-hydrogen) atoms. The average molecular weight is 642 g/mol.